The van der Waals surface area contributed by atoms with E-state index in [1.807, 2.05) is 12.1 Å². The normalized spacial score (nSPS) is 24.5. The number of carbonyl (C=O) groups excluding carboxylic acids is 1. The van der Waals surface area contributed by atoms with Gasteiger partial charge in [-0.1, -0.05) is 24.3 Å². The molecular formula is C18H27N3O3S. The summed E-state index contributed by atoms with van der Waals surface area (Å²) in [6, 6.07) is 8.43. The van der Waals surface area contributed by atoms with E-state index in [1.54, 1.807) is 6.92 Å². The van der Waals surface area contributed by atoms with E-state index in [1.165, 1.54) is 15.4 Å². The predicted molar refractivity (Wildman–Crippen MR) is 97.7 cm³/mol. The lowest BCUT2D eigenvalue weighted by Gasteiger charge is -2.32. The molecule has 0 aromatic heterocycles. The molecule has 1 aromatic carbocycles. The molecule has 6 nitrogen and oxygen atoms in total. The first-order chi connectivity index (χ1) is 12.0. The number of fused-ring (bicyclic) bond motifs is 1. The molecule has 0 aliphatic carbocycles. The lowest BCUT2D eigenvalue weighted by atomic mass is 9.94. The fourth-order valence-corrected chi connectivity index (χ4v) is 4.89. The number of carbonyl (C=O) groups is 1. The first-order valence-corrected chi connectivity index (χ1v) is 10.7. The van der Waals surface area contributed by atoms with Crippen LogP contribution in [0.25, 0.3) is 0 Å². The number of piperidine rings is 1. The molecule has 7 heteroatoms. The van der Waals surface area contributed by atoms with E-state index in [4.69, 9.17) is 0 Å². The highest BCUT2D eigenvalue weighted by Crippen LogP contribution is 2.23. The monoisotopic (exact) mass is 365 g/mol. The van der Waals surface area contributed by atoms with E-state index in [9.17, 15) is 13.2 Å². The number of sulfonamides is 1. The molecule has 1 amide bonds. The van der Waals surface area contributed by atoms with Crippen molar-refractivity contribution < 1.29 is 13.2 Å². The maximum atomic E-state index is 12.6. The Kier molecular flexibility index (Phi) is 5.76. The fourth-order valence-electron chi connectivity index (χ4n) is 3.71. The average molecular weight is 365 g/mol. The van der Waals surface area contributed by atoms with Gasteiger partial charge in [0, 0.05) is 25.7 Å². The van der Waals surface area contributed by atoms with E-state index in [0.717, 1.165) is 25.8 Å². The van der Waals surface area contributed by atoms with Crippen molar-refractivity contribution in [2.75, 3.05) is 31.9 Å². The Morgan fingerprint density at radius 2 is 2.16 bits per heavy atom. The molecule has 2 atom stereocenters. The Balaban J connectivity index is 1.58. The van der Waals surface area contributed by atoms with Gasteiger partial charge in [0.2, 0.25) is 15.9 Å². The highest BCUT2D eigenvalue weighted by atomic mass is 32.2. The summed E-state index contributed by atoms with van der Waals surface area (Å²) in [4.78, 5) is 12.6. The van der Waals surface area contributed by atoms with Gasteiger partial charge in [-0.25, -0.2) is 12.7 Å². The van der Waals surface area contributed by atoms with Crippen LogP contribution in [0.4, 0.5) is 0 Å². The van der Waals surface area contributed by atoms with Gasteiger partial charge < -0.3 is 10.6 Å². The minimum Gasteiger partial charge on any atom is -0.354 e. The quantitative estimate of drug-likeness (QED) is 0.818. The Hall–Kier alpha value is -1.44. The lowest BCUT2D eigenvalue weighted by Crippen LogP contribution is -2.47. The van der Waals surface area contributed by atoms with Crippen molar-refractivity contribution in [3.63, 3.8) is 0 Å². The summed E-state index contributed by atoms with van der Waals surface area (Å²) in [6.45, 7) is 3.91. The van der Waals surface area contributed by atoms with Gasteiger partial charge in [-0.15, -0.1) is 0 Å². The van der Waals surface area contributed by atoms with Gasteiger partial charge in [-0.2, -0.15) is 0 Å². The maximum absolute atomic E-state index is 12.6. The SMILES string of the molecule is CCS(=O)(=O)N1CCCC(C(=O)NCC2NCCc3ccccc32)C1. The zero-order valence-electron chi connectivity index (χ0n) is 14.7. The highest BCUT2D eigenvalue weighted by Gasteiger charge is 2.31. The molecule has 1 saturated heterocycles. The maximum Gasteiger partial charge on any atom is 0.224 e. The fraction of sp³-hybridized carbons (Fsp3) is 0.611. The topological polar surface area (TPSA) is 78.5 Å². The summed E-state index contributed by atoms with van der Waals surface area (Å²) in [7, 11) is -3.22. The highest BCUT2D eigenvalue weighted by molar-refractivity contribution is 7.89. The Morgan fingerprint density at radius 1 is 1.36 bits per heavy atom. The molecule has 2 unspecified atom stereocenters. The van der Waals surface area contributed by atoms with Gasteiger partial charge in [0.15, 0.2) is 0 Å². The van der Waals surface area contributed by atoms with Crippen LogP contribution in [0.2, 0.25) is 0 Å². The van der Waals surface area contributed by atoms with E-state index in [-0.39, 0.29) is 23.6 Å². The van der Waals surface area contributed by atoms with Crippen LogP contribution in [0.1, 0.15) is 36.9 Å². The smallest absolute Gasteiger partial charge is 0.224 e. The minimum absolute atomic E-state index is 0.0409. The predicted octanol–water partition coefficient (Wildman–Crippen LogP) is 1.05. The zero-order chi connectivity index (χ0) is 17.9. The molecule has 25 heavy (non-hydrogen) atoms. The van der Waals surface area contributed by atoms with Gasteiger partial charge in [0.25, 0.3) is 0 Å². The van der Waals surface area contributed by atoms with Gasteiger partial charge in [0.1, 0.15) is 0 Å². The Labute approximate surface area is 150 Å². The number of hydrogen-bond acceptors (Lipinski definition) is 4. The van der Waals surface area contributed by atoms with E-state index >= 15 is 0 Å². The van der Waals surface area contributed by atoms with Crippen LogP contribution < -0.4 is 10.6 Å². The van der Waals surface area contributed by atoms with E-state index in [2.05, 4.69) is 22.8 Å². The number of nitrogens with zero attached hydrogens (tertiary/aromatic N) is 1. The molecule has 3 rings (SSSR count). The third kappa shape index (κ3) is 4.22. The summed E-state index contributed by atoms with van der Waals surface area (Å²) in [6.07, 6.45) is 2.49. The van der Waals surface area contributed by atoms with Crippen molar-refractivity contribution >= 4 is 15.9 Å². The molecule has 0 saturated carbocycles. The number of hydrogen-bond donors (Lipinski definition) is 2. The van der Waals surface area contributed by atoms with Gasteiger partial charge in [-0.3, -0.25) is 4.79 Å². The van der Waals surface area contributed by atoms with Crippen LogP contribution in [0.3, 0.4) is 0 Å². The van der Waals surface area contributed by atoms with Crippen molar-refractivity contribution in [3.8, 4) is 0 Å². The first-order valence-electron chi connectivity index (χ1n) is 9.08. The summed E-state index contributed by atoms with van der Waals surface area (Å²) in [5.41, 5.74) is 2.58. The second kappa shape index (κ2) is 7.85. The first kappa shape index (κ1) is 18.4. The molecule has 2 aliphatic heterocycles. The molecule has 0 spiro atoms. The number of nitrogens with one attached hydrogen (secondary N) is 2. The van der Waals surface area contributed by atoms with Crippen molar-refractivity contribution in [1.29, 1.82) is 0 Å². The molecule has 0 radical (unpaired) electrons. The zero-order valence-corrected chi connectivity index (χ0v) is 15.5. The molecule has 2 heterocycles. The van der Waals surface area contributed by atoms with Crippen LogP contribution in [0, 0.1) is 5.92 Å². The lowest BCUT2D eigenvalue weighted by molar-refractivity contribution is -0.126. The molecule has 2 N–H and O–H groups in total. The Bertz CT molecular complexity index is 720. The van der Waals surface area contributed by atoms with E-state index < -0.39 is 10.0 Å². The van der Waals surface area contributed by atoms with Gasteiger partial charge in [0.05, 0.1) is 11.7 Å². The Morgan fingerprint density at radius 3 is 2.96 bits per heavy atom. The second-order valence-electron chi connectivity index (χ2n) is 6.80. The van der Waals surface area contributed by atoms with Crippen molar-refractivity contribution in [2.45, 2.75) is 32.2 Å². The number of benzene rings is 1. The van der Waals surface area contributed by atoms with E-state index in [0.29, 0.717) is 19.6 Å². The molecule has 138 valence electrons. The van der Waals surface area contributed by atoms with Crippen molar-refractivity contribution in [1.82, 2.24) is 14.9 Å². The van der Waals surface area contributed by atoms with Gasteiger partial charge >= 0.3 is 0 Å². The summed E-state index contributed by atoms with van der Waals surface area (Å²) >= 11 is 0. The second-order valence-corrected chi connectivity index (χ2v) is 9.06. The largest absolute Gasteiger partial charge is 0.354 e. The minimum atomic E-state index is -3.22. The third-order valence-corrected chi connectivity index (χ3v) is 7.06. The molecule has 2 aliphatic rings. The standard InChI is InChI=1S/C18H27N3O3S/c1-2-25(23,24)21-11-5-7-15(13-21)18(22)20-12-17-16-8-4-3-6-14(16)9-10-19-17/h3-4,6,8,15,17,19H,2,5,7,9-13H2,1H3,(H,20,22). The summed E-state index contributed by atoms with van der Waals surface area (Å²) in [5.74, 6) is -0.209. The average Bonchev–Trinajstić information content (AvgIpc) is 2.66. The molecular weight excluding hydrogens is 338 g/mol. The molecule has 1 aromatic rings. The van der Waals surface area contributed by atoms with Crippen LogP contribution in [0.15, 0.2) is 24.3 Å². The summed E-state index contributed by atoms with van der Waals surface area (Å²) in [5, 5.41) is 6.48. The third-order valence-electron chi connectivity index (χ3n) is 5.21. The van der Waals surface area contributed by atoms with Crippen LogP contribution in [-0.4, -0.2) is 50.6 Å². The molecule has 1 fully saturated rings. The van der Waals surface area contributed by atoms with Crippen LogP contribution in [0.5, 0.6) is 0 Å². The van der Waals surface area contributed by atoms with Gasteiger partial charge in [-0.05, 0) is 43.9 Å². The van der Waals surface area contributed by atoms with Crippen LogP contribution in [-0.2, 0) is 21.2 Å². The van der Waals surface area contributed by atoms with Crippen molar-refractivity contribution in [2.24, 2.45) is 5.92 Å². The molecule has 0 bridgehead atoms. The number of amides is 1. The van der Waals surface area contributed by atoms with Crippen molar-refractivity contribution in [3.05, 3.63) is 35.4 Å². The summed E-state index contributed by atoms with van der Waals surface area (Å²) < 4.78 is 25.6. The van der Waals surface area contributed by atoms with Crippen LogP contribution >= 0.6 is 0 Å². The number of rotatable bonds is 5.